The third-order valence-corrected chi connectivity index (χ3v) is 8.64. The molecule has 1 atom stereocenters. The first-order valence-electron chi connectivity index (χ1n) is 12.5. The summed E-state index contributed by atoms with van der Waals surface area (Å²) in [7, 11) is -1.91. The molecule has 1 aliphatic heterocycles. The predicted molar refractivity (Wildman–Crippen MR) is 139 cm³/mol. The molecule has 0 spiro atoms. The second kappa shape index (κ2) is 12.5. The van der Waals surface area contributed by atoms with Gasteiger partial charge in [-0.05, 0) is 55.3 Å². The van der Waals surface area contributed by atoms with Gasteiger partial charge in [0.15, 0.2) is 0 Å². The Kier molecular flexibility index (Phi) is 9.71. The lowest BCUT2D eigenvalue weighted by molar-refractivity contribution is 0.0832. The second-order valence-corrected chi connectivity index (χ2v) is 11.9. The second-order valence-electron chi connectivity index (χ2n) is 9.90. The Bertz CT molecular complexity index is 1020. The molecule has 1 fully saturated rings. The summed E-state index contributed by atoms with van der Waals surface area (Å²) in [6, 6.07) is 18.7. The lowest BCUT2D eigenvalue weighted by Gasteiger charge is -2.38. The van der Waals surface area contributed by atoms with E-state index < -0.39 is 16.1 Å². The number of carboxylic acid groups (broad SMARTS) is 1. The van der Waals surface area contributed by atoms with Gasteiger partial charge in [0.05, 0.1) is 4.90 Å². The van der Waals surface area contributed by atoms with Gasteiger partial charge >= 0.3 is 6.09 Å². The van der Waals surface area contributed by atoms with Gasteiger partial charge in [-0.25, -0.2) is 17.5 Å². The molecule has 192 valence electrons. The number of rotatable bonds is 11. The maximum atomic E-state index is 13.1. The van der Waals surface area contributed by atoms with Crippen molar-refractivity contribution in [2.75, 3.05) is 39.8 Å². The van der Waals surface area contributed by atoms with Crippen LogP contribution in [0.4, 0.5) is 4.79 Å². The molecular weight excluding hydrogens is 462 g/mol. The van der Waals surface area contributed by atoms with Crippen molar-refractivity contribution in [3.63, 3.8) is 0 Å². The van der Waals surface area contributed by atoms with Crippen LogP contribution in [0.1, 0.15) is 44.6 Å². The number of piperidine rings is 1. The van der Waals surface area contributed by atoms with Crippen LogP contribution < -0.4 is 0 Å². The van der Waals surface area contributed by atoms with Gasteiger partial charge in [0.2, 0.25) is 10.0 Å². The van der Waals surface area contributed by atoms with E-state index in [9.17, 15) is 18.3 Å². The molecule has 0 saturated carbocycles. The van der Waals surface area contributed by atoms with Gasteiger partial charge in [0, 0.05) is 39.3 Å². The van der Waals surface area contributed by atoms with E-state index in [0.29, 0.717) is 23.9 Å². The van der Waals surface area contributed by atoms with Crippen molar-refractivity contribution >= 4 is 16.1 Å². The first-order valence-corrected chi connectivity index (χ1v) is 13.9. The van der Waals surface area contributed by atoms with Crippen LogP contribution in [0.3, 0.4) is 0 Å². The summed E-state index contributed by atoms with van der Waals surface area (Å²) in [5.41, 5.74) is 1.13. The molecule has 3 rings (SSSR count). The van der Waals surface area contributed by atoms with E-state index in [1.165, 1.54) is 4.31 Å². The number of sulfonamides is 1. The largest absolute Gasteiger partial charge is 0.465 e. The summed E-state index contributed by atoms with van der Waals surface area (Å²) in [6.07, 6.45) is 1.66. The van der Waals surface area contributed by atoms with Crippen LogP contribution in [0.2, 0.25) is 0 Å². The molecule has 8 heteroatoms. The lowest BCUT2D eigenvalue weighted by Crippen LogP contribution is -2.48. The van der Waals surface area contributed by atoms with Crippen molar-refractivity contribution in [2.45, 2.75) is 50.0 Å². The maximum Gasteiger partial charge on any atom is 0.407 e. The number of hydrogen-bond donors (Lipinski definition) is 1. The van der Waals surface area contributed by atoms with Crippen LogP contribution in [-0.2, 0) is 10.0 Å². The van der Waals surface area contributed by atoms with Crippen LogP contribution in [-0.4, -0.2) is 79.5 Å². The molecule has 0 aliphatic carbocycles. The normalized spacial score (nSPS) is 16.5. The molecule has 0 radical (unpaired) electrons. The van der Waals surface area contributed by atoms with Gasteiger partial charge in [0.25, 0.3) is 0 Å². The van der Waals surface area contributed by atoms with E-state index in [1.807, 2.05) is 38.1 Å². The van der Waals surface area contributed by atoms with Crippen LogP contribution in [0, 0.1) is 5.92 Å². The highest BCUT2D eigenvalue weighted by Gasteiger charge is 2.29. The number of hydrogen-bond acceptors (Lipinski definition) is 4. The van der Waals surface area contributed by atoms with E-state index in [0.717, 1.165) is 44.5 Å². The Balaban J connectivity index is 1.62. The minimum Gasteiger partial charge on any atom is -0.465 e. The van der Waals surface area contributed by atoms with Gasteiger partial charge in [0.1, 0.15) is 0 Å². The topological polar surface area (TPSA) is 81.2 Å². The molecule has 2 aromatic carbocycles. The van der Waals surface area contributed by atoms with Gasteiger partial charge in [-0.1, -0.05) is 62.4 Å². The summed E-state index contributed by atoms with van der Waals surface area (Å²) in [5.74, 6) is 0.369. The van der Waals surface area contributed by atoms with Gasteiger partial charge in [-0.15, -0.1) is 0 Å². The van der Waals surface area contributed by atoms with Crippen molar-refractivity contribution in [3.05, 3.63) is 66.2 Å². The summed E-state index contributed by atoms with van der Waals surface area (Å²) in [4.78, 5) is 16.0. The fourth-order valence-electron chi connectivity index (χ4n) is 4.84. The molecule has 1 N–H and O–H groups in total. The SMILES string of the molecule is CC(C)CN(C(=O)O)C1CCN(CCC(CN(C)S(=O)(=O)c2ccccc2)c2ccccc2)CC1. The summed E-state index contributed by atoms with van der Waals surface area (Å²) in [6.45, 7) is 7.62. The summed E-state index contributed by atoms with van der Waals surface area (Å²) in [5, 5.41) is 9.63. The molecule has 0 bridgehead atoms. The predicted octanol–water partition coefficient (Wildman–Crippen LogP) is 4.58. The number of likely N-dealkylation sites (tertiary alicyclic amines) is 1. The molecule has 1 unspecified atom stereocenters. The molecule has 1 saturated heterocycles. The highest BCUT2D eigenvalue weighted by molar-refractivity contribution is 7.89. The Morgan fingerprint density at radius 1 is 1.00 bits per heavy atom. The van der Waals surface area contributed by atoms with Crippen molar-refractivity contribution in [1.29, 1.82) is 0 Å². The summed E-state index contributed by atoms with van der Waals surface area (Å²) >= 11 is 0. The Labute approximate surface area is 210 Å². The average Bonchev–Trinajstić information content (AvgIpc) is 2.86. The van der Waals surface area contributed by atoms with E-state index in [2.05, 4.69) is 17.0 Å². The number of benzene rings is 2. The first-order chi connectivity index (χ1) is 16.7. The van der Waals surface area contributed by atoms with E-state index in [-0.39, 0.29) is 12.0 Å². The zero-order chi connectivity index (χ0) is 25.4. The number of carbonyl (C=O) groups is 1. The van der Waals surface area contributed by atoms with Crippen LogP contribution >= 0.6 is 0 Å². The van der Waals surface area contributed by atoms with Gasteiger partial charge in [-0.2, -0.15) is 0 Å². The fourth-order valence-corrected chi connectivity index (χ4v) is 6.08. The lowest BCUT2D eigenvalue weighted by atomic mass is 9.94. The van der Waals surface area contributed by atoms with Crippen molar-refractivity contribution < 1.29 is 18.3 Å². The van der Waals surface area contributed by atoms with Crippen LogP contribution in [0.5, 0.6) is 0 Å². The molecule has 7 nitrogen and oxygen atoms in total. The van der Waals surface area contributed by atoms with Crippen LogP contribution in [0.25, 0.3) is 0 Å². The Morgan fingerprint density at radius 2 is 1.57 bits per heavy atom. The van der Waals surface area contributed by atoms with Crippen molar-refractivity contribution in [2.24, 2.45) is 5.92 Å². The molecule has 2 aromatic rings. The number of amides is 1. The minimum absolute atomic E-state index is 0.0638. The van der Waals surface area contributed by atoms with Crippen LogP contribution in [0.15, 0.2) is 65.6 Å². The quantitative estimate of drug-likeness (QED) is 0.487. The molecule has 1 heterocycles. The zero-order valence-electron chi connectivity index (χ0n) is 21.1. The fraction of sp³-hybridized carbons (Fsp3) is 0.519. The molecule has 1 aliphatic rings. The summed E-state index contributed by atoms with van der Waals surface area (Å²) < 4.78 is 27.7. The number of likely N-dealkylation sites (N-methyl/N-ethyl adjacent to an activating group) is 1. The molecular formula is C27H39N3O4S. The zero-order valence-corrected chi connectivity index (χ0v) is 21.9. The first kappa shape index (κ1) is 27.2. The molecule has 0 aromatic heterocycles. The molecule has 35 heavy (non-hydrogen) atoms. The minimum atomic E-state index is -3.56. The van der Waals surface area contributed by atoms with Crippen molar-refractivity contribution in [1.82, 2.24) is 14.1 Å². The molecule has 1 amide bonds. The Hall–Kier alpha value is -2.42. The highest BCUT2D eigenvalue weighted by atomic mass is 32.2. The maximum absolute atomic E-state index is 13.1. The van der Waals surface area contributed by atoms with Crippen molar-refractivity contribution in [3.8, 4) is 0 Å². The Morgan fingerprint density at radius 3 is 2.11 bits per heavy atom. The highest BCUT2D eigenvalue weighted by Crippen LogP contribution is 2.26. The van der Waals surface area contributed by atoms with E-state index in [4.69, 9.17) is 0 Å². The monoisotopic (exact) mass is 501 g/mol. The smallest absolute Gasteiger partial charge is 0.407 e. The third kappa shape index (κ3) is 7.53. The third-order valence-electron chi connectivity index (χ3n) is 6.80. The average molecular weight is 502 g/mol. The standard InChI is InChI=1S/C27H39N3O4S/c1-22(2)20-30(27(31)32)25-15-18-29(19-16-25)17-14-24(23-10-6-4-7-11-23)21-28(3)35(33,34)26-12-8-5-9-13-26/h4-13,22,24-25H,14-21H2,1-3H3,(H,31,32). The van der Waals surface area contributed by atoms with E-state index in [1.54, 1.807) is 36.2 Å². The van der Waals surface area contributed by atoms with Gasteiger partial charge < -0.3 is 14.9 Å². The number of nitrogens with zero attached hydrogens (tertiary/aromatic N) is 3. The van der Waals surface area contributed by atoms with Gasteiger partial charge in [-0.3, -0.25) is 0 Å². The van der Waals surface area contributed by atoms with E-state index >= 15 is 0 Å².